The fourth-order valence-electron chi connectivity index (χ4n) is 2.90. The van der Waals surface area contributed by atoms with Crippen LogP contribution in [0.4, 0.5) is 0 Å². The number of hydrogen-bond donors (Lipinski definition) is 0. The van der Waals surface area contributed by atoms with Crippen LogP contribution in [0.25, 0.3) is 0 Å². The van der Waals surface area contributed by atoms with Crippen LogP contribution < -0.4 is 0 Å². The summed E-state index contributed by atoms with van der Waals surface area (Å²) in [5.74, 6) is -0.00532. The van der Waals surface area contributed by atoms with E-state index in [1.165, 1.54) is 4.31 Å². The first kappa shape index (κ1) is 15.5. The van der Waals surface area contributed by atoms with Crippen molar-refractivity contribution in [3.05, 3.63) is 18.5 Å². The lowest BCUT2D eigenvalue weighted by molar-refractivity contribution is -0.142. The van der Waals surface area contributed by atoms with Gasteiger partial charge in [-0.3, -0.25) is 4.79 Å². The molecule has 0 saturated carbocycles. The number of amides is 1. The molecule has 0 bridgehead atoms. The fraction of sp³-hybridized carbons (Fsp3) is 0.643. The van der Waals surface area contributed by atoms with Gasteiger partial charge in [-0.1, -0.05) is 0 Å². The second kappa shape index (κ2) is 6.02. The van der Waals surface area contributed by atoms with Crippen molar-refractivity contribution in [2.24, 2.45) is 7.05 Å². The first-order valence-electron chi connectivity index (χ1n) is 7.51. The molecule has 2 aliphatic rings. The Morgan fingerprint density at radius 2 is 2.00 bits per heavy atom. The molecule has 22 heavy (non-hydrogen) atoms. The maximum atomic E-state index is 12.5. The number of aryl methyl sites for hydroxylation is 1. The number of nitrogens with zero attached hydrogens (tertiary/aromatic N) is 3. The van der Waals surface area contributed by atoms with Crippen LogP contribution in [-0.2, 0) is 26.6 Å². The van der Waals surface area contributed by atoms with E-state index in [9.17, 15) is 13.2 Å². The second-order valence-corrected chi connectivity index (χ2v) is 7.68. The smallest absolute Gasteiger partial charge is 0.251 e. The zero-order valence-corrected chi connectivity index (χ0v) is 13.5. The molecule has 3 heterocycles. The van der Waals surface area contributed by atoms with E-state index in [2.05, 4.69) is 0 Å². The molecule has 0 spiro atoms. The summed E-state index contributed by atoms with van der Waals surface area (Å²) >= 11 is 0. The summed E-state index contributed by atoms with van der Waals surface area (Å²) in [5.41, 5.74) is 0. The molecule has 0 aliphatic carbocycles. The molecule has 8 heteroatoms. The molecule has 0 aromatic carbocycles. The molecule has 2 fully saturated rings. The molecule has 7 nitrogen and oxygen atoms in total. The summed E-state index contributed by atoms with van der Waals surface area (Å²) in [6, 6.07) is 1.60. The molecule has 122 valence electrons. The Bertz CT molecular complexity index is 641. The molecule has 1 aromatic rings. The van der Waals surface area contributed by atoms with Crippen LogP contribution in [0.15, 0.2) is 23.4 Å². The van der Waals surface area contributed by atoms with Crippen LogP contribution in [0.5, 0.6) is 0 Å². The van der Waals surface area contributed by atoms with Gasteiger partial charge >= 0.3 is 0 Å². The predicted molar refractivity (Wildman–Crippen MR) is 79.7 cm³/mol. The summed E-state index contributed by atoms with van der Waals surface area (Å²) in [6.45, 7) is 2.14. The molecule has 1 amide bonds. The third kappa shape index (κ3) is 2.90. The van der Waals surface area contributed by atoms with Crippen LogP contribution in [-0.4, -0.2) is 67.0 Å². The molecule has 0 N–H and O–H groups in total. The van der Waals surface area contributed by atoms with Crippen molar-refractivity contribution in [2.45, 2.75) is 23.8 Å². The highest BCUT2D eigenvalue weighted by molar-refractivity contribution is 7.89. The lowest BCUT2D eigenvalue weighted by Crippen LogP contribution is -2.52. The number of carbonyl (C=O) groups excluding carboxylic acids is 1. The Balaban J connectivity index is 1.63. The van der Waals surface area contributed by atoms with Gasteiger partial charge in [0.15, 0.2) is 0 Å². The van der Waals surface area contributed by atoms with Crippen molar-refractivity contribution in [3.8, 4) is 0 Å². The Kier molecular flexibility index (Phi) is 4.24. The minimum absolute atomic E-state index is 0.00532. The summed E-state index contributed by atoms with van der Waals surface area (Å²) < 4.78 is 33.6. The summed E-state index contributed by atoms with van der Waals surface area (Å²) in [7, 11) is -1.68. The summed E-state index contributed by atoms with van der Waals surface area (Å²) in [4.78, 5) is 14.3. The fourth-order valence-corrected chi connectivity index (χ4v) is 4.38. The van der Waals surface area contributed by atoms with Gasteiger partial charge < -0.3 is 14.2 Å². The zero-order valence-electron chi connectivity index (χ0n) is 12.6. The maximum absolute atomic E-state index is 12.5. The first-order chi connectivity index (χ1) is 10.5. The molecule has 0 radical (unpaired) electrons. The van der Waals surface area contributed by atoms with E-state index in [0.717, 1.165) is 12.8 Å². The molecule has 1 atom stereocenters. The van der Waals surface area contributed by atoms with Crippen molar-refractivity contribution in [1.82, 2.24) is 13.8 Å². The highest BCUT2D eigenvalue weighted by Gasteiger charge is 2.34. The minimum Gasteiger partial charge on any atom is -0.368 e. The third-order valence-electron chi connectivity index (χ3n) is 4.20. The van der Waals surface area contributed by atoms with Crippen molar-refractivity contribution in [2.75, 3.05) is 32.8 Å². The van der Waals surface area contributed by atoms with Crippen molar-refractivity contribution in [1.29, 1.82) is 0 Å². The Hall–Kier alpha value is -1.38. The third-order valence-corrected chi connectivity index (χ3v) is 6.08. The highest BCUT2D eigenvalue weighted by Crippen LogP contribution is 2.20. The Morgan fingerprint density at radius 1 is 1.27 bits per heavy atom. The van der Waals surface area contributed by atoms with Crippen LogP contribution in [0.2, 0.25) is 0 Å². The number of sulfonamides is 1. The largest absolute Gasteiger partial charge is 0.368 e. The van der Waals surface area contributed by atoms with Gasteiger partial charge in [0.05, 0.1) is 4.90 Å². The van der Waals surface area contributed by atoms with E-state index < -0.39 is 10.0 Å². The first-order valence-corrected chi connectivity index (χ1v) is 8.95. The molecule has 1 aromatic heterocycles. The number of rotatable bonds is 3. The molecule has 1 unspecified atom stereocenters. The van der Waals surface area contributed by atoms with E-state index in [0.29, 0.717) is 37.7 Å². The zero-order chi connectivity index (χ0) is 15.7. The van der Waals surface area contributed by atoms with Crippen molar-refractivity contribution < 1.29 is 17.9 Å². The van der Waals surface area contributed by atoms with Crippen molar-refractivity contribution in [3.63, 3.8) is 0 Å². The quantitative estimate of drug-likeness (QED) is 0.786. The van der Waals surface area contributed by atoms with E-state index in [1.807, 2.05) is 0 Å². The number of aromatic nitrogens is 1. The standard InChI is InChI=1S/C14H21N3O4S/c1-15-5-4-12(11-15)22(19,20)17-8-6-16(7-9-17)14(18)13-3-2-10-21-13/h4-5,11,13H,2-3,6-10H2,1H3. The van der Waals surface area contributed by atoms with E-state index in [-0.39, 0.29) is 12.0 Å². The Morgan fingerprint density at radius 3 is 2.55 bits per heavy atom. The van der Waals surface area contributed by atoms with Gasteiger partial charge in [-0.2, -0.15) is 4.31 Å². The van der Waals surface area contributed by atoms with Gasteiger partial charge in [-0.15, -0.1) is 0 Å². The van der Waals surface area contributed by atoms with Gasteiger partial charge in [0.25, 0.3) is 5.91 Å². The Labute approximate surface area is 130 Å². The minimum atomic E-state index is -3.47. The van der Waals surface area contributed by atoms with Gasteiger partial charge in [-0.05, 0) is 18.9 Å². The lowest BCUT2D eigenvalue weighted by atomic mass is 10.2. The maximum Gasteiger partial charge on any atom is 0.251 e. The van der Waals surface area contributed by atoms with Crippen LogP contribution in [0, 0.1) is 0 Å². The van der Waals surface area contributed by atoms with Crippen LogP contribution in [0.1, 0.15) is 12.8 Å². The van der Waals surface area contributed by atoms with Gasteiger partial charge in [0, 0.05) is 52.2 Å². The number of carbonyl (C=O) groups is 1. The topological polar surface area (TPSA) is 71.9 Å². The molecule has 2 saturated heterocycles. The second-order valence-electron chi connectivity index (χ2n) is 5.74. The predicted octanol–water partition coefficient (Wildman–Crippen LogP) is 0.0370. The average molecular weight is 327 g/mol. The SMILES string of the molecule is Cn1ccc(S(=O)(=O)N2CCN(C(=O)C3CCCO3)CC2)c1. The van der Waals surface area contributed by atoms with Gasteiger partial charge in [0.2, 0.25) is 10.0 Å². The highest BCUT2D eigenvalue weighted by atomic mass is 32.2. The van der Waals surface area contributed by atoms with Crippen LogP contribution >= 0.6 is 0 Å². The molecule has 3 rings (SSSR count). The normalized spacial score (nSPS) is 23.9. The summed E-state index contributed by atoms with van der Waals surface area (Å²) in [5, 5.41) is 0. The molecule has 2 aliphatic heterocycles. The number of piperazine rings is 1. The van der Waals surface area contributed by atoms with E-state index in [4.69, 9.17) is 4.74 Å². The van der Waals surface area contributed by atoms with Gasteiger partial charge in [-0.25, -0.2) is 8.42 Å². The monoisotopic (exact) mass is 327 g/mol. The van der Waals surface area contributed by atoms with Gasteiger partial charge in [0.1, 0.15) is 6.10 Å². The van der Waals surface area contributed by atoms with E-state index >= 15 is 0 Å². The lowest BCUT2D eigenvalue weighted by Gasteiger charge is -2.34. The molecular formula is C14H21N3O4S. The average Bonchev–Trinajstić information content (AvgIpc) is 3.18. The summed E-state index contributed by atoms with van der Waals surface area (Å²) in [6.07, 6.45) is 4.65. The number of hydrogen-bond acceptors (Lipinski definition) is 4. The number of ether oxygens (including phenoxy) is 1. The van der Waals surface area contributed by atoms with E-state index in [1.54, 1.807) is 35.0 Å². The molecular weight excluding hydrogens is 306 g/mol. The van der Waals surface area contributed by atoms with Crippen LogP contribution in [0.3, 0.4) is 0 Å². The van der Waals surface area contributed by atoms with Crippen molar-refractivity contribution >= 4 is 15.9 Å².